The van der Waals surface area contributed by atoms with Gasteiger partial charge in [0.25, 0.3) is 5.56 Å². The number of hydrogen-bond donors (Lipinski definition) is 3. The monoisotopic (exact) mass is 319 g/mol. The molecule has 6 nitrogen and oxygen atoms in total. The van der Waals surface area contributed by atoms with Crippen molar-refractivity contribution in [2.75, 3.05) is 5.43 Å². The van der Waals surface area contributed by atoms with E-state index in [4.69, 9.17) is 0 Å². The van der Waals surface area contributed by atoms with Gasteiger partial charge in [0.2, 0.25) is 5.95 Å². The van der Waals surface area contributed by atoms with Gasteiger partial charge in [0, 0.05) is 11.8 Å². The summed E-state index contributed by atoms with van der Waals surface area (Å²) in [7, 11) is 0. The van der Waals surface area contributed by atoms with Crippen LogP contribution in [0.25, 0.3) is 16.8 Å². The molecule has 0 spiro atoms. The number of hydrazine groups is 1. The molecule has 0 amide bonds. The van der Waals surface area contributed by atoms with Crippen LogP contribution in [0.5, 0.6) is 0 Å². The maximum absolute atomic E-state index is 12.1. The lowest BCUT2D eigenvalue weighted by molar-refractivity contribution is 0.907. The first-order valence-electron chi connectivity index (χ1n) is 7.50. The van der Waals surface area contributed by atoms with Crippen LogP contribution in [-0.2, 0) is 0 Å². The molecular weight excluding hydrogens is 302 g/mol. The van der Waals surface area contributed by atoms with Crippen LogP contribution in [0.4, 0.5) is 5.95 Å². The molecule has 0 aliphatic rings. The molecule has 0 saturated heterocycles. The summed E-state index contributed by atoms with van der Waals surface area (Å²) in [5, 5.41) is 7.96. The van der Waals surface area contributed by atoms with Gasteiger partial charge < -0.3 is 5.43 Å². The number of aromatic nitrogens is 3. The number of nitrogens with one attached hydrogen (secondary N) is 3. The van der Waals surface area contributed by atoms with E-state index in [1.807, 2.05) is 67.6 Å². The predicted octanol–water partition coefficient (Wildman–Crippen LogP) is 2.81. The maximum Gasteiger partial charge on any atom is 0.279 e. The second kappa shape index (κ2) is 7.23. The highest BCUT2D eigenvalue weighted by Crippen LogP contribution is 2.12. The molecule has 120 valence electrons. The van der Waals surface area contributed by atoms with Gasteiger partial charge in [0.1, 0.15) is 0 Å². The summed E-state index contributed by atoms with van der Waals surface area (Å²) in [6, 6.07) is 19.2. The standard InChI is InChI=1S/C18H17N5O/c1-13(14-8-4-2-5-9-14)12-19-22-18-20-17(24)16(21-23-18)15-10-6-3-7-11-15/h2-12,19H,1H3,(H2,20,22,23,24). The SMILES string of the molecule is CC(=CNNc1nnc(-c2ccccc2)c(=O)[nH]1)c1ccccc1. The summed E-state index contributed by atoms with van der Waals surface area (Å²) in [5.41, 5.74) is 8.57. The Hall–Kier alpha value is -3.41. The average molecular weight is 319 g/mol. The molecule has 0 atom stereocenters. The van der Waals surface area contributed by atoms with Gasteiger partial charge in [-0.1, -0.05) is 60.7 Å². The van der Waals surface area contributed by atoms with Crippen LogP contribution >= 0.6 is 0 Å². The van der Waals surface area contributed by atoms with Gasteiger partial charge >= 0.3 is 0 Å². The number of hydrogen-bond acceptors (Lipinski definition) is 5. The normalized spacial score (nSPS) is 11.1. The summed E-state index contributed by atoms with van der Waals surface area (Å²) >= 11 is 0. The fourth-order valence-corrected chi connectivity index (χ4v) is 2.18. The third kappa shape index (κ3) is 3.67. The van der Waals surface area contributed by atoms with Gasteiger partial charge in [-0.3, -0.25) is 15.2 Å². The number of rotatable bonds is 5. The van der Waals surface area contributed by atoms with Gasteiger partial charge in [-0.15, -0.1) is 10.2 Å². The Balaban J connectivity index is 1.69. The van der Waals surface area contributed by atoms with Crippen molar-refractivity contribution in [1.29, 1.82) is 0 Å². The molecule has 0 radical (unpaired) electrons. The van der Waals surface area contributed by atoms with E-state index in [1.54, 1.807) is 6.20 Å². The number of anilines is 1. The quantitative estimate of drug-likeness (QED) is 0.630. The van der Waals surface area contributed by atoms with Crippen molar-refractivity contribution in [2.24, 2.45) is 0 Å². The van der Waals surface area contributed by atoms with E-state index in [9.17, 15) is 4.79 Å². The van der Waals surface area contributed by atoms with Crippen LogP contribution in [-0.4, -0.2) is 15.2 Å². The Bertz CT molecular complexity index is 888. The zero-order chi connectivity index (χ0) is 16.8. The van der Waals surface area contributed by atoms with Crippen LogP contribution in [0.15, 0.2) is 71.7 Å². The fraction of sp³-hybridized carbons (Fsp3) is 0.0556. The lowest BCUT2D eigenvalue weighted by Crippen LogP contribution is -2.22. The van der Waals surface area contributed by atoms with E-state index < -0.39 is 0 Å². The molecule has 3 rings (SSSR count). The van der Waals surface area contributed by atoms with E-state index in [0.29, 0.717) is 0 Å². The summed E-state index contributed by atoms with van der Waals surface area (Å²) < 4.78 is 0. The summed E-state index contributed by atoms with van der Waals surface area (Å²) in [6.45, 7) is 1.98. The molecule has 2 aromatic carbocycles. The number of benzene rings is 2. The molecule has 0 bridgehead atoms. The van der Waals surface area contributed by atoms with Crippen LogP contribution < -0.4 is 16.4 Å². The summed E-state index contributed by atoms with van der Waals surface area (Å²) in [5.74, 6) is 0.247. The van der Waals surface area contributed by atoms with Crippen molar-refractivity contribution < 1.29 is 0 Å². The van der Waals surface area contributed by atoms with Gasteiger partial charge in [-0.2, -0.15) is 0 Å². The Morgan fingerprint density at radius 1 is 1.00 bits per heavy atom. The molecule has 1 heterocycles. The minimum Gasteiger partial charge on any atom is -0.305 e. The van der Waals surface area contributed by atoms with E-state index in [2.05, 4.69) is 26.0 Å². The predicted molar refractivity (Wildman–Crippen MR) is 94.9 cm³/mol. The zero-order valence-electron chi connectivity index (χ0n) is 13.2. The van der Waals surface area contributed by atoms with Crippen LogP contribution in [0.3, 0.4) is 0 Å². The molecule has 0 unspecified atom stereocenters. The van der Waals surface area contributed by atoms with Crippen molar-refractivity contribution in [3.63, 3.8) is 0 Å². The van der Waals surface area contributed by atoms with Gasteiger partial charge in [0.15, 0.2) is 5.69 Å². The fourth-order valence-electron chi connectivity index (χ4n) is 2.18. The largest absolute Gasteiger partial charge is 0.305 e. The Morgan fingerprint density at radius 3 is 2.33 bits per heavy atom. The minimum absolute atomic E-state index is 0.247. The van der Waals surface area contributed by atoms with Crippen molar-refractivity contribution >= 4 is 11.5 Å². The average Bonchev–Trinajstić information content (AvgIpc) is 2.63. The molecule has 0 saturated carbocycles. The van der Waals surface area contributed by atoms with Crippen LogP contribution in [0.2, 0.25) is 0 Å². The first kappa shape index (κ1) is 15.5. The van der Waals surface area contributed by atoms with Crippen LogP contribution in [0.1, 0.15) is 12.5 Å². The molecule has 1 aromatic heterocycles. The molecular formula is C18H17N5O. The third-order valence-electron chi connectivity index (χ3n) is 3.45. The maximum atomic E-state index is 12.1. The highest BCUT2D eigenvalue weighted by Gasteiger charge is 2.06. The van der Waals surface area contributed by atoms with Crippen molar-refractivity contribution in [3.8, 4) is 11.3 Å². The molecule has 0 fully saturated rings. The number of nitrogens with zero attached hydrogens (tertiary/aromatic N) is 2. The van der Waals surface area contributed by atoms with Crippen molar-refractivity contribution in [3.05, 3.63) is 82.8 Å². The van der Waals surface area contributed by atoms with E-state index in [1.165, 1.54) is 0 Å². The topological polar surface area (TPSA) is 82.7 Å². The molecule has 6 heteroatoms. The second-order valence-electron chi connectivity index (χ2n) is 5.18. The van der Waals surface area contributed by atoms with Crippen molar-refractivity contribution in [2.45, 2.75) is 6.92 Å². The van der Waals surface area contributed by atoms with Gasteiger partial charge in [-0.05, 0) is 18.1 Å². The molecule has 3 aromatic rings. The zero-order valence-corrected chi connectivity index (χ0v) is 13.2. The minimum atomic E-state index is -0.302. The lowest BCUT2D eigenvalue weighted by Gasteiger charge is -2.07. The van der Waals surface area contributed by atoms with Gasteiger partial charge in [-0.25, -0.2) is 0 Å². The third-order valence-corrected chi connectivity index (χ3v) is 3.45. The highest BCUT2D eigenvalue weighted by atomic mass is 16.1. The number of H-pyrrole nitrogens is 1. The number of aromatic amines is 1. The molecule has 0 aliphatic heterocycles. The highest BCUT2D eigenvalue weighted by molar-refractivity contribution is 5.63. The Labute approximate surface area is 139 Å². The van der Waals surface area contributed by atoms with E-state index in [0.717, 1.165) is 16.7 Å². The molecule has 3 N–H and O–H groups in total. The summed E-state index contributed by atoms with van der Waals surface area (Å²) in [4.78, 5) is 14.8. The Morgan fingerprint density at radius 2 is 1.67 bits per heavy atom. The lowest BCUT2D eigenvalue weighted by atomic mass is 10.1. The van der Waals surface area contributed by atoms with E-state index >= 15 is 0 Å². The second-order valence-corrected chi connectivity index (χ2v) is 5.18. The van der Waals surface area contributed by atoms with Gasteiger partial charge in [0.05, 0.1) is 0 Å². The van der Waals surface area contributed by atoms with Crippen molar-refractivity contribution in [1.82, 2.24) is 20.6 Å². The number of allylic oxidation sites excluding steroid dienone is 1. The van der Waals surface area contributed by atoms with Crippen LogP contribution in [0, 0.1) is 0 Å². The molecule has 24 heavy (non-hydrogen) atoms. The first-order valence-corrected chi connectivity index (χ1v) is 7.50. The summed E-state index contributed by atoms with van der Waals surface area (Å²) in [6.07, 6.45) is 1.79. The Kier molecular flexibility index (Phi) is 4.67. The first-order chi connectivity index (χ1) is 11.7. The smallest absolute Gasteiger partial charge is 0.279 e. The van der Waals surface area contributed by atoms with E-state index in [-0.39, 0.29) is 17.2 Å². The molecule has 0 aliphatic carbocycles.